The molecule has 0 aromatic heterocycles. The van der Waals surface area contributed by atoms with Crippen molar-refractivity contribution in [2.45, 2.75) is 50.1 Å². The summed E-state index contributed by atoms with van der Waals surface area (Å²) in [7, 11) is 0. The zero-order valence-corrected chi connectivity index (χ0v) is 18.5. The number of benzene rings is 2. The number of hydrogen-bond acceptors (Lipinski definition) is 5. The lowest BCUT2D eigenvalue weighted by molar-refractivity contribution is -0.189. The summed E-state index contributed by atoms with van der Waals surface area (Å²) in [6, 6.07) is 12.2. The standard InChI is InChI=1S/C23H20F3N3O4S/c24-23(25,26)22(30)29-14-6-7-15(29)10-13(9-14)20-16-3-1-2-4-18(16)32-19-11-12(5-8-17(19)20)21-27-33-34(31)28-21/h1-5,8,11,14-15,21,27-28H,6-7,9-10H2. The third kappa shape index (κ3) is 3.54. The van der Waals surface area contributed by atoms with Crippen LogP contribution in [-0.4, -0.2) is 33.3 Å². The fourth-order valence-electron chi connectivity index (χ4n) is 5.48. The quantitative estimate of drug-likeness (QED) is 0.538. The summed E-state index contributed by atoms with van der Waals surface area (Å²) in [6.45, 7) is 0. The molecule has 34 heavy (non-hydrogen) atoms. The molecular formula is C23H20F3N3O4S. The molecule has 0 aliphatic carbocycles. The van der Waals surface area contributed by atoms with E-state index in [1.807, 2.05) is 42.5 Å². The number of carbonyl (C=O) groups excluding carboxylic acids is 1. The lowest BCUT2D eigenvalue weighted by Gasteiger charge is -2.38. The van der Waals surface area contributed by atoms with Gasteiger partial charge in [-0.1, -0.05) is 35.9 Å². The summed E-state index contributed by atoms with van der Waals surface area (Å²) in [4.78, 5) is 13.1. The van der Waals surface area contributed by atoms with Gasteiger partial charge in [0.2, 0.25) is 0 Å². The molecule has 178 valence electrons. The number of para-hydroxylation sites is 1. The highest BCUT2D eigenvalue weighted by Gasteiger charge is 2.51. The number of nitrogens with zero attached hydrogens (tertiary/aromatic N) is 1. The van der Waals surface area contributed by atoms with E-state index in [-0.39, 0.29) is 0 Å². The Morgan fingerprint density at radius 2 is 1.74 bits per heavy atom. The maximum Gasteiger partial charge on any atom is 0.471 e. The van der Waals surface area contributed by atoms with Crippen LogP contribution >= 0.6 is 0 Å². The van der Waals surface area contributed by atoms with Crippen LogP contribution in [0.5, 0.6) is 11.5 Å². The summed E-state index contributed by atoms with van der Waals surface area (Å²) < 4.78 is 64.9. The van der Waals surface area contributed by atoms with Crippen molar-refractivity contribution in [3.05, 3.63) is 64.7 Å². The number of ether oxygens (including phenoxy) is 1. The van der Waals surface area contributed by atoms with Crippen LogP contribution in [-0.2, 0) is 20.3 Å². The minimum Gasteiger partial charge on any atom is -0.456 e. The van der Waals surface area contributed by atoms with Gasteiger partial charge in [-0.3, -0.25) is 4.79 Å². The van der Waals surface area contributed by atoms with Gasteiger partial charge >= 0.3 is 12.1 Å². The Kier molecular flexibility index (Phi) is 5.07. The van der Waals surface area contributed by atoms with Crippen LogP contribution in [0.15, 0.2) is 48.0 Å². The lowest BCUT2D eigenvalue weighted by Crippen LogP contribution is -2.50. The fourth-order valence-corrected chi connectivity index (χ4v) is 6.09. The molecule has 2 aromatic rings. The largest absolute Gasteiger partial charge is 0.471 e. The van der Waals surface area contributed by atoms with Crippen molar-refractivity contribution in [3.8, 4) is 11.5 Å². The van der Waals surface area contributed by atoms with Crippen LogP contribution in [0.2, 0.25) is 0 Å². The highest BCUT2D eigenvalue weighted by Crippen LogP contribution is 2.50. The van der Waals surface area contributed by atoms with Gasteiger partial charge < -0.3 is 9.64 Å². The highest BCUT2D eigenvalue weighted by molar-refractivity contribution is 7.78. The molecule has 2 bridgehead atoms. The molecule has 4 atom stereocenters. The number of fused-ring (bicyclic) bond motifs is 4. The molecule has 2 aromatic carbocycles. The Balaban J connectivity index is 1.41. The monoisotopic (exact) mass is 491 g/mol. The Morgan fingerprint density at radius 1 is 1.03 bits per heavy atom. The number of alkyl halides is 3. The van der Waals surface area contributed by atoms with Crippen molar-refractivity contribution < 1.29 is 31.2 Å². The molecule has 0 spiro atoms. The molecule has 4 unspecified atom stereocenters. The zero-order valence-electron chi connectivity index (χ0n) is 17.7. The maximum absolute atomic E-state index is 13.2. The van der Waals surface area contributed by atoms with E-state index >= 15 is 0 Å². The molecule has 2 N–H and O–H groups in total. The van der Waals surface area contributed by atoms with Gasteiger partial charge in [0.25, 0.3) is 11.3 Å². The molecule has 11 heteroatoms. The molecular weight excluding hydrogens is 471 g/mol. The van der Waals surface area contributed by atoms with Gasteiger partial charge in [-0.15, -0.1) is 0 Å². The first-order chi connectivity index (χ1) is 16.3. The predicted molar refractivity (Wildman–Crippen MR) is 116 cm³/mol. The minimum atomic E-state index is -4.87. The highest BCUT2D eigenvalue weighted by atomic mass is 32.2. The molecule has 4 heterocycles. The second-order valence-electron chi connectivity index (χ2n) is 8.82. The third-order valence-corrected chi connectivity index (χ3v) is 7.53. The number of hydrogen-bond donors (Lipinski definition) is 2. The van der Waals surface area contributed by atoms with E-state index < -0.39 is 41.6 Å². The first kappa shape index (κ1) is 21.8. The first-order valence-electron chi connectivity index (χ1n) is 10.9. The molecule has 3 saturated heterocycles. The van der Waals surface area contributed by atoms with E-state index in [1.165, 1.54) is 0 Å². The van der Waals surface area contributed by atoms with Crippen LogP contribution in [0.1, 0.15) is 48.5 Å². The van der Waals surface area contributed by atoms with E-state index in [0.29, 0.717) is 37.2 Å². The second kappa shape index (κ2) is 7.91. The van der Waals surface area contributed by atoms with Crippen LogP contribution < -0.4 is 14.9 Å². The van der Waals surface area contributed by atoms with Gasteiger partial charge in [0.1, 0.15) is 17.7 Å². The number of nitrogens with one attached hydrogen (secondary N) is 2. The lowest BCUT2D eigenvalue weighted by atomic mass is 9.83. The van der Waals surface area contributed by atoms with Gasteiger partial charge in [-0.2, -0.15) is 27.7 Å². The van der Waals surface area contributed by atoms with Crippen LogP contribution in [0, 0.1) is 0 Å². The van der Waals surface area contributed by atoms with Crippen molar-refractivity contribution in [2.75, 3.05) is 0 Å². The zero-order chi connectivity index (χ0) is 23.6. The number of hydroxylamine groups is 1. The van der Waals surface area contributed by atoms with Crippen LogP contribution in [0.25, 0.3) is 5.57 Å². The van der Waals surface area contributed by atoms with Gasteiger partial charge in [0.15, 0.2) is 0 Å². The van der Waals surface area contributed by atoms with Crippen molar-refractivity contribution in [1.82, 2.24) is 15.1 Å². The van der Waals surface area contributed by atoms with Gasteiger partial charge in [0, 0.05) is 23.2 Å². The maximum atomic E-state index is 13.2. The summed E-state index contributed by atoms with van der Waals surface area (Å²) in [6.07, 6.45) is -3.44. The molecule has 0 radical (unpaired) electrons. The van der Waals surface area contributed by atoms with E-state index in [9.17, 15) is 22.2 Å². The molecule has 4 aliphatic heterocycles. The molecule has 4 aliphatic rings. The van der Waals surface area contributed by atoms with E-state index in [2.05, 4.69) is 10.2 Å². The van der Waals surface area contributed by atoms with Gasteiger partial charge in [-0.25, -0.2) is 4.21 Å². The average molecular weight is 491 g/mol. The fraction of sp³-hybridized carbons (Fsp3) is 0.348. The normalized spacial score (nSPS) is 27.9. The van der Waals surface area contributed by atoms with Crippen LogP contribution in [0.4, 0.5) is 13.2 Å². The summed E-state index contributed by atoms with van der Waals surface area (Å²) in [5.74, 6) is -0.485. The Bertz CT molecular complexity index is 1230. The van der Waals surface area contributed by atoms with E-state index in [4.69, 9.17) is 9.02 Å². The smallest absolute Gasteiger partial charge is 0.456 e. The summed E-state index contributed by atoms with van der Waals surface area (Å²) in [5.41, 5.74) is 7.13. The van der Waals surface area contributed by atoms with Gasteiger partial charge in [0.05, 0.1) is 0 Å². The van der Waals surface area contributed by atoms with E-state index in [0.717, 1.165) is 32.7 Å². The van der Waals surface area contributed by atoms with Crippen molar-refractivity contribution in [2.24, 2.45) is 0 Å². The van der Waals surface area contributed by atoms with Gasteiger partial charge in [-0.05, 0) is 49.0 Å². The Hall–Kier alpha value is -2.73. The summed E-state index contributed by atoms with van der Waals surface area (Å²) >= 11 is -1.64. The van der Waals surface area contributed by atoms with Crippen molar-refractivity contribution >= 4 is 22.7 Å². The molecule has 0 saturated carbocycles. The molecule has 1 amide bonds. The first-order valence-corrected chi connectivity index (χ1v) is 12.0. The average Bonchev–Trinajstić information content (AvgIpc) is 3.35. The van der Waals surface area contributed by atoms with Crippen molar-refractivity contribution in [1.29, 1.82) is 0 Å². The third-order valence-electron chi connectivity index (χ3n) is 6.85. The number of carbonyl (C=O) groups is 1. The van der Waals surface area contributed by atoms with Crippen LogP contribution in [0.3, 0.4) is 0 Å². The predicted octanol–water partition coefficient (Wildman–Crippen LogP) is 4.01. The Labute approximate surface area is 195 Å². The summed E-state index contributed by atoms with van der Waals surface area (Å²) in [5, 5.41) is 0. The molecule has 3 fully saturated rings. The van der Waals surface area contributed by atoms with Crippen molar-refractivity contribution in [3.63, 3.8) is 0 Å². The Morgan fingerprint density at radius 3 is 2.41 bits per heavy atom. The number of piperidine rings is 1. The number of rotatable bonds is 1. The topological polar surface area (TPSA) is 79.9 Å². The molecule has 6 rings (SSSR count). The number of halogens is 3. The minimum absolute atomic E-state index is 0.391. The second-order valence-corrected chi connectivity index (χ2v) is 9.69. The molecule has 7 nitrogen and oxygen atoms in total. The SMILES string of the molecule is O=C(N1C2CCC1CC(=C1c3ccccc3Oc3cc(C4NOS(=O)N4)ccc31)C2)C(F)(F)F. The number of amides is 1. The van der Waals surface area contributed by atoms with E-state index in [1.54, 1.807) is 0 Å².